The van der Waals surface area contributed by atoms with Crippen molar-refractivity contribution in [3.63, 3.8) is 0 Å². The molecule has 1 heterocycles. The fourth-order valence-electron chi connectivity index (χ4n) is 2.64. The summed E-state index contributed by atoms with van der Waals surface area (Å²) in [5, 5.41) is 0. The number of nitrogens with zero attached hydrogens (tertiary/aromatic N) is 1. The molecular formula is C14H22N2O2S. The standard InChI is InChI=1S/C14H22N2O2S/c1-3-12-6-4-5-9-16(12)19(17,18)13-7-8-14(15)11(2)10-13/h7-8,10,12H,3-6,9,15H2,1-2H3. The largest absolute Gasteiger partial charge is 0.399 e. The van der Waals surface area contributed by atoms with Crippen LogP contribution >= 0.6 is 0 Å². The Hall–Kier alpha value is -1.07. The summed E-state index contributed by atoms with van der Waals surface area (Å²) in [6, 6.07) is 5.09. The van der Waals surface area contributed by atoms with E-state index in [0.717, 1.165) is 31.2 Å². The van der Waals surface area contributed by atoms with Crippen molar-refractivity contribution < 1.29 is 8.42 Å². The molecule has 1 aliphatic heterocycles. The first-order chi connectivity index (χ1) is 8.96. The molecule has 1 aromatic carbocycles. The predicted octanol–water partition coefficient (Wildman–Crippen LogP) is 2.53. The van der Waals surface area contributed by atoms with Crippen LogP contribution in [0.4, 0.5) is 5.69 Å². The van der Waals surface area contributed by atoms with Gasteiger partial charge in [0.1, 0.15) is 0 Å². The van der Waals surface area contributed by atoms with E-state index in [4.69, 9.17) is 5.73 Å². The number of hydrogen-bond acceptors (Lipinski definition) is 3. The molecule has 0 spiro atoms. The van der Waals surface area contributed by atoms with Crippen molar-refractivity contribution in [2.75, 3.05) is 12.3 Å². The zero-order valence-corrected chi connectivity index (χ0v) is 12.4. The van der Waals surface area contributed by atoms with Gasteiger partial charge in [0, 0.05) is 18.3 Å². The van der Waals surface area contributed by atoms with Gasteiger partial charge in [-0.25, -0.2) is 8.42 Å². The summed E-state index contributed by atoms with van der Waals surface area (Å²) < 4.78 is 27.1. The number of anilines is 1. The zero-order valence-electron chi connectivity index (χ0n) is 11.6. The SMILES string of the molecule is CCC1CCCCN1S(=O)(=O)c1ccc(N)c(C)c1. The van der Waals surface area contributed by atoms with E-state index in [-0.39, 0.29) is 6.04 Å². The van der Waals surface area contributed by atoms with Gasteiger partial charge in [0.05, 0.1) is 4.90 Å². The lowest BCUT2D eigenvalue weighted by Crippen LogP contribution is -2.43. The number of nitrogen functional groups attached to an aromatic ring is 1. The molecule has 0 aliphatic carbocycles. The molecule has 0 aromatic heterocycles. The number of hydrogen-bond donors (Lipinski definition) is 1. The van der Waals surface area contributed by atoms with Crippen molar-refractivity contribution in [1.29, 1.82) is 0 Å². The van der Waals surface area contributed by atoms with Crippen LogP contribution in [0.25, 0.3) is 0 Å². The maximum Gasteiger partial charge on any atom is 0.243 e. The fraction of sp³-hybridized carbons (Fsp3) is 0.571. The fourth-order valence-corrected chi connectivity index (χ4v) is 4.50. The Kier molecular flexibility index (Phi) is 4.16. The highest BCUT2D eigenvalue weighted by Crippen LogP contribution is 2.28. The lowest BCUT2D eigenvalue weighted by molar-refractivity contribution is 0.246. The minimum Gasteiger partial charge on any atom is -0.399 e. The molecule has 1 saturated heterocycles. The Morgan fingerprint density at radius 3 is 2.74 bits per heavy atom. The quantitative estimate of drug-likeness (QED) is 0.866. The van der Waals surface area contributed by atoms with Gasteiger partial charge in [-0.2, -0.15) is 4.31 Å². The van der Waals surface area contributed by atoms with Crippen LogP contribution in [0.3, 0.4) is 0 Å². The van der Waals surface area contributed by atoms with Crippen molar-refractivity contribution in [3.8, 4) is 0 Å². The molecule has 1 aliphatic rings. The first-order valence-electron chi connectivity index (χ1n) is 6.84. The Bertz CT molecular complexity index is 555. The molecule has 1 atom stereocenters. The Morgan fingerprint density at radius 2 is 2.11 bits per heavy atom. The average molecular weight is 282 g/mol. The molecule has 0 bridgehead atoms. The van der Waals surface area contributed by atoms with Gasteiger partial charge >= 0.3 is 0 Å². The molecule has 1 aromatic rings. The summed E-state index contributed by atoms with van der Waals surface area (Å²) in [6.07, 6.45) is 3.89. The van der Waals surface area contributed by atoms with Crippen molar-refractivity contribution in [3.05, 3.63) is 23.8 Å². The first kappa shape index (κ1) is 14.3. The molecule has 19 heavy (non-hydrogen) atoms. The minimum absolute atomic E-state index is 0.136. The van der Waals surface area contributed by atoms with E-state index in [1.165, 1.54) is 0 Å². The van der Waals surface area contributed by atoms with E-state index >= 15 is 0 Å². The van der Waals surface area contributed by atoms with Gasteiger partial charge in [-0.05, 0) is 49.9 Å². The summed E-state index contributed by atoms with van der Waals surface area (Å²) in [5.74, 6) is 0. The van der Waals surface area contributed by atoms with Crippen LogP contribution in [-0.2, 0) is 10.0 Å². The van der Waals surface area contributed by atoms with Crippen LogP contribution in [0.15, 0.2) is 23.1 Å². The van der Waals surface area contributed by atoms with E-state index in [1.54, 1.807) is 22.5 Å². The van der Waals surface area contributed by atoms with Gasteiger partial charge in [0.15, 0.2) is 0 Å². The second-order valence-electron chi connectivity index (χ2n) is 5.19. The molecule has 2 rings (SSSR count). The number of nitrogens with two attached hydrogens (primary N) is 1. The molecule has 2 N–H and O–H groups in total. The number of benzene rings is 1. The summed E-state index contributed by atoms with van der Waals surface area (Å²) in [7, 11) is -3.38. The molecule has 4 nitrogen and oxygen atoms in total. The maximum absolute atomic E-state index is 12.7. The summed E-state index contributed by atoms with van der Waals surface area (Å²) in [6.45, 7) is 4.51. The smallest absolute Gasteiger partial charge is 0.243 e. The Balaban J connectivity index is 2.37. The van der Waals surface area contributed by atoms with Crippen molar-refractivity contribution in [1.82, 2.24) is 4.31 Å². The maximum atomic E-state index is 12.7. The minimum atomic E-state index is -3.38. The van der Waals surface area contributed by atoms with Crippen LogP contribution in [-0.4, -0.2) is 25.3 Å². The van der Waals surface area contributed by atoms with E-state index in [1.807, 2.05) is 13.8 Å². The van der Waals surface area contributed by atoms with Gasteiger partial charge in [0.25, 0.3) is 0 Å². The van der Waals surface area contributed by atoms with Crippen LogP contribution in [0, 0.1) is 6.92 Å². The normalized spacial score (nSPS) is 21.5. The molecule has 106 valence electrons. The molecule has 1 unspecified atom stereocenters. The number of rotatable bonds is 3. The third-order valence-electron chi connectivity index (χ3n) is 3.89. The van der Waals surface area contributed by atoms with E-state index in [0.29, 0.717) is 17.1 Å². The second-order valence-corrected chi connectivity index (χ2v) is 7.08. The van der Waals surface area contributed by atoms with Gasteiger partial charge < -0.3 is 5.73 Å². The lowest BCUT2D eigenvalue weighted by Gasteiger charge is -2.34. The second kappa shape index (κ2) is 5.51. The topological polar surface area (TPSA) is 63.4 Å². The van der Waals surface area contributed by atoms with Crippen molar-refractivity contribution in [2.24, 2.45) is 0 Å². The van der Waals surface area contributed by atoms with E-state index in [9.17, 15) is 8.42 Å². The Morgan fingerprint density at radius 1 is 1.37 bits per heavy atom. The van der Waals surface area contributed by atoms with Gasteiger partial charge in [-0.3, -0.25) is 0 Å². The van der Waals surface area contributed by atoms with Crippen LogP contribution in [0.2, 0.25) is 0 Å². The van der Waals surface area contributed by atoms with Gasteiger partial charge in [-0.1, -0.05) is 13.3 Å². The number of aryl methyl sites for hydroxylation is 1. The van der Waals surface area contributed by atoms with Gasteiger partial charge in [-0.15, -0.1) is 0 Å². The Labute approximate surface area is 115 Å². The summed E-state index contributed by atoms with van der Waals surface area (Å²) in [4.78, 5) is 0.361. The van der Waals surface area contributed by atoms with Crippen molar-refractivity contribution in [2.45, 2.75) is 50.5 Å². The number of piperidine rings is 1. The zero-order chi connectivity index (χ0) is 14.0. The van der Waals surface area contributed by atoms with Crippen LogP contribution in [0.1, 0.15) is 38.2 Å². The molecule has 0 amide bonds. The highest BCUT2D eigenvalue weighted by molar-refractivity contribution is 7.89. The third-order valence-corrected chi connectivity index (χ3v) is 5.84. The van der Waals surface area contributed by atoms with E-state index in [2.05, 4.69) is 0 Å². The van der Waals surface area contributed by atoms with E-state index < -0.39 is 10.0 Å². The monoisotopic (exact) mass is 282 g/mol. The third kappa shape index (κ3) is 2.77. The van der Waals surface area contributed by atoms with Crippen LogP contribution in [0.5, 0.6) is 0 Å². The molecule has 0 radical (unpaired) electrons. The summed E-state index contributed by atoms with van der Waals surface area (Å²) in [5.41, 5.74) is 7.20. The van der Waals surface area contributed by atoms with Crippen LogP contribution < -0.4 is 5.73 Å². The summed E-state index contributed by atoms with van der Waals surface area (Å²) >= 11 is 0. The first-order valence-corrected chi connectivity index (χ1v) is 8.28. The molecule has 5 heteroatoms. The lowest BCUT2D eigenvalue weighted by atomic mass is 10.0. The molecular weight excluding hydrogens is 260 g/mol. The molecule has 1 fully saturated rings. The number of sulfonamides is 1. The average Bonchev–Trinajstić information content (AvgIpc) is 2.41. The highest BCUT2D eigenvalue weighted by Gasteiger charge is 2.32. The molecule has 0 saturated carbocycles. The highest BCUT2D eigenvalue weighted by atomic mass is 32.2. The van der Waals surface area contributed by atoms with Gasteiger partial charge in [0.2, 0.25) is 10.0 Å². The predicted molar refractivity (Wildman–Crippen MR) is 77.4 cm³/mol. The van der Waals surface area contributed by atoms with Crippen molar-refractivity contribution >= 4 is 15.7 Å².